The smallest absolute Gasteiger partial charge is 0.0991 e. The molecule has 2 aromatic rings. The summed E-state index contributed by atoms with van der Waals surface area (Å²) in [4.78, 5) is 2.16. The highest BCUT2D eigenvalue weighted by Gasteiger charge is 2.05. The lowest BCUT2D eigenvalue weighted by atomic mass is 10.1. The van der Waals surface area contributed by atoms with Crippen LogP contribution in [0.15, 0.2) is 42.5 Å². The molecule has 0 bridgehead atoms. The van der Waals surface area contributed by atoms with E-state index < -0.39 is 0 Å². The van der Waals surface area contributed by atoms with E-state index in [-0.39, 0.29) is 0 Å². The molecular weight excluding hydrogens is 234 g/mol. The molecule has 0 amide bonds. The Hall–Kier alpha value is -2.47. The fourth-order valence-electron chi connectivity index (χ4n) is 2.02. The monoisotopic (exact) mass is 251 g/mol. The van der Waals surface area contributed by atoms with Gasteiger partial charge in [-0.1, -0.05) is 6.07 Å². The second kappa shape index (κ2) is 5.45. The molecule has 0 saturated carbocycles. The lowest BCUT2D eigenvalue weighted by molar-refractivity contribution is 0.914. The molecule has 3 nitrogen and oxygen atoms in total. The van der Waals surface area contributed by atoms with Crippen LogP contribution in [-0.2, 0) is 6.54 Å². The maximum atomic E-state index is 8.87. The van der Waals surface area contributed by atoms with E-state index >= 15 is 0 Å². The fourth-order valence-corrected chi connectivity index (χ4v) is 2.02. The molecule has 0 saturated heterocycles. The first-order valence-electron chi connectivity index (χ1n) is 6.16. The molecule has 2 aromatic carbocycles. The topological polar surface area (TPSA) is 53.0 Å². The van der Waals surface area contributed by atoms with Crippen molar-refractivity contribution in [1.82, 2.24) is 0 Å². The van der Waals surface area contributed by atoms with Gasteiger partial charge in [0.1, 0.15) is 0 Å². The first-order valence-corrected chi connectivity index (χ1v) is 6.16. The van der Waals surface area contributed by atoms with E-state index in [2.05, 4.69) is 11.0 Å². The van der Waals surface area contributed by atoms with Gasteiger partial charge in [-0.05, 0) is 54.4 Å². The summed E-state index contributed by atoms with van der Waals surface area (Å²) in [7, 11) is 2.04. The van der Waals surface area contributed by atoms with Gasteiger partial charge in [0.25, 0.3) is 0 Å². The van der Waals surface area contributed by atoms with E-state index in [1.54, 1.807) is 0 Å². The second-order valence-electron chi connectivity index (χ2n) is 4.70. The molecule has 0 heterocycles. The number of benzene rings is 2. The third-order valence-electron chi connectivity index (χ3n) is 3.21. The molecule has 0 aliphatic rings. The molecule has 0 fully saturated rings. The average molecular weight is 251 g/mol. The molecule has 0 aliphatic heterocycles. The van der Waals surface area contributed by atoms with E-state index in [0.717, 1.165) is 23.5 Å². The number of aryl methyl sites for hydroxylation is 1. The summed E-state index contributed by atoms with van der Waals surface area (Å²) in [6, 6.07) is 15.8. The first-order chi connectivity index (χ1) is 9.10. The van der Waals surface area contributed by atoms with Crippen molar-refractivity contribution in [1.29, 1.82) is 5.26 Å². The summed E-state index contributed by atoms with van der Waals surface area (Å²) in [6.45, 7) is 2.84. The highest BCUT2D eigenvalue weighted by Crippen LogP contribution is 2.19. The molecule has 0 unspecified atom stereocenters. The molecule has 0 radical (unpaired) electrons. The Bertz CT molecular complexity index is 609. The third kappa shape index (κ3) is 3.05. The van der Waals surface area contributed by atoms with Gasteiger partial charge in [0.05, 0.1) is 11.6 Å². The van der Waals surface area contributed by atoms with Gasteiger partial charge in [-0.15, -0.1) is 0 Å². The molecule has 2 N–H and O–H groups in total. The SMILES string of the molecule is Cc1cc(C#N)ccc1CN(C)c1ccc(N)cc1. The zero-order chi connectivity index (χ0) is 13.8. The van der Waals surface area contributed by atoms with Crippen LogP contribution in [-0.4, -0.2) is 7.05 Å². The zero-order valence-electron chi connectivity index (χ0n) is 11.2. The number of nitriles is 1. The number of nitrogen functional groups attached to an aromatic ring is 1. The molecular formula is C16H17N3. The number of nitrogens with zero attached hydrogens (tertiary/aromatic N) is 2. The van der Waals surface area contributed by atoms with Crippen molar-refractivity contribution in [3.05, 3.63) is 59.2 Å². The first kappa shape index (κ1) is 13.0. The molecule has 96 valence electrons. The predicted octanol–water partition coefficient (Wildman–Crippen LogP) is 3.09. The summed E-state index contributed by atoms with van der Waals surface area (Å²) in [5.41, 5.74) is 10.6. The average Bonchev–Trinajstić information content (AvgIpc) is 2.41. The number of hydrogen-bond donors (Lipinski definition) is 1. The highest BCUT2D eigenvalue weighted by molar-refractivity contribution is 5.53. The van der Waals surface area contributed by atoms with Crippen molar-refractivity contribution in [3.63, 3.8) is 0 Å². The van der Waals surface area contributed by atoms with E-state index in [0.29, 0.717) is 5.56 Å². The van der Waals surface area contributed by atoms with Crippen molar-refractivity contribution in [3.8, 4) is 6.07 Å². The van der Waals surface area contributed by atoms with Crippen LogP contribution in [0.4, 0.5) is 11.4 Å². The zero-order valence-corrected chi connectivity index (χ0v) is 11.2. The Kier molecular flexibility index (Phi) is 3.72. The van der Waals surface area contributed by atoms with Gasteiger partial charge in [0.2, 0.25) is 0 Å². The molecule has 0 atom stereocenters. The van der Waals surface area contributed by atoms with Gasteiger partial charge in [0.15, 0.2) is 0 Å². The number of rotatable bonds is 3. The van der Waals surface area contributed by atoms with Crippen LogP contribution in [0.25, 0.3) is 0 Å². The summed E-state index contributed by atoms with van der Waals surface area (Å²) in [6.07, 6.45) is 0. The largest absolute Gasteiger partial charge is 0.399 e. The standard InChI is InChI=1S/C16H17N3/c1-12-9-13(10-17)3-4-14(12)11-19(2)16-7-5-15(18)6-8-16/h3-9H,11,18H2,1-2H3. The van der Waals surface area contributed by atoms with E-state index in [1.807, 2.05) is 56.4 Å². The van der Waals surface area contributed by atoms with Crippen LogP contribution in [0, 0.1) is 18.3 Å². The molecule has 2 rings (SSSR count). The minimum atomic E-state index is 0.705. The summed E-state index contributed by atoms with van der Waals surface area (Å²) in [5.74, 6) is 0. The quantitative estimate of drug-likeness (QED) is 0.853. The van der Waals surface area contributed by atoms with Crippen LogP contribution in [0.1, 0.15) is 16.7 Å². The summed E-state index contributed by atoms with van der Waals surface area (Å²) in [5, 5.41) is 8.87. The minimum Gasteiger partial charge on any atom is -0.399 e. The lowest BCUT2D eigenvalue weighted by Gasteiger charge is -2.20. The van der Waals surface area contributed by atoms with Crippen LogP contribution in [0.2, 0.25) is 0 Å². The second-order valence-corrected chi connectivity index (χ2v) is 4.70. The Labute approximate surface area is 113 Å². The van der Waals surface area contributed by atoms with Crippen molar-refractivity contribution in [2.75, 3.05) is 17.7 Å². The number of anilines is 2. The fraction of sp³-hybridized carbons (Fsp3) is 0.188. The Morgan fingerprint density at radius 2 is 1.84 bits per heavy atom. The molecule has 3 heteroatoms. The minimum absolute atomic E-state index is 0.705. The predicted molar refractivity (Wildman–Crippen MR) is 78.9 cm³/mol. The molecule has 0 aromatic heterocycles. The van der Waals surface area contributed by atoms with Crippen molar-refractivity contribution >= 4 is 11.4 Å². The van der Waals surface area contributed by atoms with Crippen molar-refractivity contribution in [2.24, 2.45) is 0 Å². The molecule has 0 spiro atoms. The lowest BCUT2D eigenvalue weighted by Crippen LogP contribution is -2.17. The van der Waals surface area contributed by atoms with Gasteiger partial charge in [-0.25, -0.2) is 0 Å². The van der Waals surface area contributed by atoms with Crippen LogP contribution < -0.4 is 10.6 Å². The summed E-state index contributed by atoms with van der Waals surface area (Å²) >= 11 is 0. The van der Waals surface area contributed by atoms with Gasteiger partial charge in [-0.2, -0.15) is 5.26 Å². The maximum Gasteiger partial charge on any atom is 0.0991 e. The van der Waals surface area contributed by atoms with Crippen LogP contribution in [0.5, 0.6) is 0 Å². The van der Waals surface area contributed by atoms with E-state index in [4.69, 9.17) is 11.0 Å². The van der Waals surface area contributed by atoms with Gasteiger partial charge in [0, 0.05) is 25.0 Å². The van der Waals surface area contributed by atoms with Gasteiger partial charge >= 0.3 is 0 Å². The van der Waals surface area contributed by atoms with Crippen molar-refractivity contribution in [2.45, 2.75) is 13.5 Å². The van der Waals surface area contributed by atoms with Gasteiger partial charge in [-0.3, -0.25) is 0 Å². The number of nitrogens with two attached hydrogens (primary N) is 1. The van der Waals surface area contributed by atoms with E-state index in [9.17, 15) is 0 Å². The van der Waals surface area contributed by atoms with Crippen LogP contribution >= 0.6 is 0 Å². The van der Waals surface area contributed by atoms with Crippen molar-refractivity contribution < 1.29 is 0 Å². The van der Waals surface area contributed by atoms with Gasteiger partial charge < -0.3 is 10.6 Å². The summed E-state index contributed by atoms with van der Waals surface area (Å²) < 4.78 is 0. The molecule has 0 aliphatic carbocycles. The Morgan fingerprint density at radius 3 is 2.42 bits per heavy atom. The highest BCUT2D eigenvalue weighted by atomic mass is 15.1. The molecule has 19 heavy (non-hydrogen) atoms. The van der Waals surface area contributed by atoms with Crippen LogP contribution in [0.3, 0.4) is 0 Å². The Balaban J connectivity index is 2.17. The maximum absolute atomic E-state index is 8.87. The number of hydrogen-bond acceptors (Lipinski definition) is 3. The Morgan fingerprint density at radius 1 is 1.16 bits per heavy atom. The van der Waals surface area contributed by atoms with E-state index in [1.165, 1.54) is 5.56 Å². The normalized spacial score (nSPS) is 9.95. The third-order valence-corrected chi connectivity index (χ3v) is 3.21.